The van der Waals surface area contributed by atoms with Gasteiger partial charge in [0.1, 0.15) is 16.9 Å². The van der Waals surface area contributed by atoms with Gasteiger partial charge in [0.15, 0.2) is 11.5 Å². The van der Waals surface area contributed by atoms with Gasteiger partial charge in [0, 0.05) is 40.4 Å². The number of nitrogens with one attached hydrogen (secondary N) is 2. The Morgan fingerprint density at radius 1 is 1.05 bits per heavy atom. The second-order valence-corrected chi connectivity index (χ2v) is 10.7. The number of amides is 1. The van der Waals surface area contributed by atoms with Crippen molar-refractivity contribution in [2.75, 3.05) is 21.3 Å². The highest BCUT2D eigenvalue weighted by atomic mass is 16.5. The van der Waals surface area contributed by atoms with Gasteiger partial charge in [0.25, 0.3) is 5.91 Å². The number of hydrogen-bond acceptors (Lipinski definition) is 8. The summed E-state index contributed by atoms with van der Waals surface area (Å²) >= 11 is 0. The number of carbonyl (C=O) groups is 1. The monoisotopic (exact) mass is 575 g/mol. The molecule has 2 atom stereocenters. The lowest BCUT2D eigenvalue weighted by atomic mass is 9.90. The molecule has 1 amide bonds. The van der Waals surface area contributed by atoms with E-state index in [-0.39, 0.29) is 30.5 Å². The molecule has 1 fully saturated rings. The Kier molecular flexibility index (Phi) is 9.96. The zero-order valence-corrected chi connectivity index (χ0v) is 25.0. The van der Waals surface area contributed by atoms with Crippen molar-refractivity contribution in [1.29, 1.82) is 5.41 Å². The third-order valence-electron chi connectivity index (χ3n) is 7.36. The van der Waals surface area contributed by atoms with E-state index in [4.69, 9.17) is 34.5 Å². The van der Waals surface area contributed by atoms with Crippen LogP contribution in [-0.2, 0) is 0 Å². The molecule has 2 unspecified atom stereocenters. The minimum atomic E-state index is -0.214. The van der Waals surface area contributed by atoms with Crippen molar-refractivity contribution in [3.8, 4) is 34.3 Å². The van der Waals surface area contributed by atoms with Gasteiger partial charge < -0.3 is 39.8 Å². The largest absolute Gasteiger partial charge is 0.493 e. The molecule has 1 heterocycles. The Labute approximate surface area is 246 Å². The molecule has 0 aliphatic heterocycles. The molecule has 42 heavy (non-hydrogen) atoms. The summed E-state index contributed by atoms with van der Waals surface area (Å²) in [6.07, 6.45) is 5.31. The third kappa shape index (κ3) is 6.79. The zero-order valence-electron chi connectivity index (χ0n) is 25.0. The Hall–Kier alpha value is -4.24. The van der Waals surface area contributed by atoms with Gasteiger partial charge in [-0.3, -0.25) is 4.79 Å². The molecule has 0 spiro atoms. The van der Waals surface area contributed by atoms with Crippen molar-refractivity contribution in [2.24, 2.45) is 5.73 Å². The molecule has 9 heteroatoms. The summed E-state index contributed by atoms with van der Waals surface area (Å²) < 4.78 is 28.9. The topological polar surface area (TPSA) is 129 Å². The Balaban J connectivity index is 1.84. The average Bonchev–Trinajstić information content (AvgIpc) is 3.36. The van der Waals surface area contributed by atoms with Crippen molar-refractivity contribution in [2.45, 2.75) is 64.1 Å². The summed E-state index contributed by atoms with van der Waals surface area (Å²) in [5.41, 5.74) is 9.36. The predicted octanol–water partition coefficient (Wildman–Crippen LogP) is 4.41. The van der Waals surface area contributed by atoms with E-state index >= 15 is 0 Å². The van der Waals surface area contributed by atoms with E-state index in [1.54, 1.807) is 45.6 Å². The maximum Gasteiger partial charge on any atom is 0.251 e. The number of hydrogen-bond donors (Lipinski definition) is 3. The van der Waals surface area contributed by atoms with E-state index in [1.807, 2.05) is 26.0 Å². The standard InChI is InChI=1S/C33H41N3O6/c1-19(2)41-24-15-21(14-23(16-24)33(37)36-27-10-8-7-9-26(27)35)25(11-12-34)31-20(3)13-28(42-31)22-17-29(38-4)32(40-6)30(18-22)39-5/h12-19,26-27,34H,3,7-11,35H2,1-2,4-6H3,(H,36,37)/b31-25-,34-12?. The molecular weight excluding hydrogens is 534 g/mol. The Morgan fingerprint density at radius 2 is 1.71 bits per heavy atom. The highest BCUT2D eigenvalue weighted by molar-refractivity contribution is 5.96. The quantitative estimate of drug-likeness (QED) is 0.289. The molecule has 0 radical (unpaired) electrons. The summed E-state index contributed by atoms with van der Waals surface area (Å²) in [6.45, 7) is 8.09. The number of methoxy groups -OCH3 is 3. The van der Waals surface area contributed by atoms with Crippen molar-refractivity contribution >= 4 is 24.3 Å². The number of rotatable bonds is 11. The van der Waals surface area contributed by atoms with Crippen LogP contribution in [0.3, 0.4) is 0 Å². The van der Waals surface area contributed by atoms with Crippen LogP contribution < -0.4 is 40.6 Å². The first kappa shape index (κ1) is 30.7. The number of ether oxygens (including phenoxy) is 4. The molecule has 2 aromatic carbocycles. The first-order valence-electron chi connectivity index (χ1n) is 14.2. The smallest absolute Gasteiger partial charge is 0.251 e. The van der Waals surface area contributed by atoms with E-state index < -0.39 is 0 Å². The number of benzene rings is 2. The van der Waals surface area contributed by atoms with Crippen LogP contribution in [0.5, 0.6) is 23.0 Å². The molecule has 0 saturated heterocycles. The highest BCUT2D eigenvalue weighted by Gasteiger charge is 2.25. The Bertz CT molecular complexity index is 1520. The first-order chi connectivity index (χ1) is 20.2. The minimum Gasteiger partial charge on any atom is -0.493 e. The molecular formula is C33H41N3O6. The maximum absolute atomic E-state index is 13.4. The number of carbonyl (C=O) groups excluding carboxylic acids is 1. The van der Waals surface area contributed by atoms with Crippen LogP contribution in [0, 0.1) is 5.41 Å². The van der Waals surface area contributed by atoms with Gasteiger partial charge in [-0.05, 0) is 74.9 Å². The average molecular weight is 576 g/mol. The molecule has 1 aliphatic carbocycles. The van der Waals surface area contributed by atoms with Gasteiger partial charge in [-0.15, -0.1) is 0 Å². The van der Waals surface area contributed by atoms with Crippen molar-refractivity contribution in [1.82, 2.24) is 5.32 Å². The first-order valence-corrected chi connectivity index (χ1v) is 14.2. The van der Waals surface area contributed by atoms with Crippen molar-refractivity contribution < 1.29 is 28.2 Å². The lowest BCUT2D eigenvalue weighted by Crippen LogP contribution is -2.49. The normalized spacial score (nSPS) is 17.4. The lowest BCUT2D eigenvalue weighted by molar-refractivity contribution is 0.0920. The summed E-state index contributed by atoms with van der Waals surface area (Å²) in [7, 11) is 4.66. The molecule has 3 aromatic rings. The molecule has 9 nitrogen and oxygen atoms in total. The van der Waals surface area contributed by atoms with Crippen LogP contribution in [0.1, 0.15) is 61.9 Å². The van der Waals surface area contributed by atoms with Gasteiger partial charge >= 0.3 is 0 Å². The van der Waals surface area contributed by atoms with Crippen molar-refractivity contribution in [3.05, 3.63) is 58.2 Å². The number of nitrogens with two attached hydrogens (primary N) is 1. The van der Waals surface area contributed by atoms with Crippen LogP contribution in [0.2, 0.25) is 0 Å². The third-order valence-corrected chi connectivity index (χ3v) is 7.36. The fraction of sp³-hybridized carbons (Fsp3) is 0.394. The minimum absolute atomic E-state index is 0.0669. The van der Waals surface area contributed by atoms with Gasteiger partial charge in [-0.2, -0.15) is 0 Å². The van der Waals surface area contributed by atoms with Crippen LogP contribution in [-0.4, -0.2) is 51.6 Å². The van der Waals surface area contributed by atoms with Gasteiger partial charge in [-0.1, -0.05) is 19.4 Å². The fourth-order valence-corrected chi connectivity index (χ4v) is 5.33. The second-order valence-electron chi connectivity index (χ2n) is 10.7. The van der Waals surface area contributed by atoms with Crippen molar-refractivity contribution in [3.63, 3.8) is 0 Å². The highest BCUT2D eigenvalue weighted by Crippen LogP contribution is 2.41. The summed E-state index contributed by atoms with van der Waals surface area (Å²) in [5.74, 6) is 2.33. The van der Waals surface area contributed by atoms with Crippen LogP contribution >= 0.6 is 0 Å². The molecule has 4 rings (SSSR count). The molecule has 224 valence electrons. The van der Waals surface area contributed by atoms with Gasteiger partial charge in [0.2, 0.25) is 5.75 Å². The van der Waals surface area contributed by atoms with E-state index in [0.29, 0.717) is 61.7 Å². The molecule has 1 aliphatic rings. The zero-order chi connectivity index (χ0) is 30.4. The molecule has 4 N–H and O–H groups in total. The van der Waals surface area contributed by atoms with E-state index in [1.165, 1.54) is 6.21 Å². The van der Waals surface area contributed by atoms with E-state index in [0.717, 1.165) is 25.7 Å². The van der Waals surface area contributed by atoms with Gasteiger partial charge in [-0.25, -0.2) is 0 Å². The van der Waals surface area contributed by atoms with E-state index in [9.17, 15) is 4.79 Å². The lowest BCUT2D eigenvalue weighted by Gasteiger charge is -2.29. The fourth-order valence-electron chi connectivity index (χ4n) is 5.33. The Morgan fingerprint density at radius 3 is 2.31 bits per heavy atom. The van der Waals surface area contributed by atoms with Gasteiger partial charge in [0.05, 0.1) is 27.4 Å². The molecule has 0 bridgehead atoms. The maximum atomic E-state index is 13.4. The summed E-state index contributed by atoms with van der Waals surface area (Å²) in [6, 6.07) is 10.7. The van der Waals surface area contributed by atoms with Crippen LogP contribution in [0.15, 0.2) is 40.8 Å². The summed E-state index contributed by atoms with van der Waals surface area (Å²) in [4.78, 5) is 13.4. The van der Waals surface area contributed by atoms with Crippen LogP contribution in [0.4, 0.5) is 0 Å². The molecule has 1 saturated carbocycles. The predicted molar refractivity (Wildman–Crippen MR) is 164 cm³/mol. The summed E-state index contributed by atoms with van der Waals surface area (Å²) in [5, 5.41) is 11.7. The number of furan rings is 1. The SMILES string of the molecule is C=c1cc(-c2cc(OC)c(OC)c(OC)c2)o/c1=C(/CC=N)c1cc(OC(C)C)cc(C(=O)NC2CCCCC2N)c1. The van der Waals surface area contributed by atoms with Crippen LogP contribution in [0.25, 0.3) is 23.5 Å². The van der Waals surface area contributed by atoms with E-state index in [2.05, 4.69) is 11.9 Å². The molecule has 1 aromatic heterocycles. The second kappa shape index (κ2) is 13.6.